The van der Waals surface area contributed by atoms with Crippen molar-refractivity contribution in [1.82, 2.24) is 9.97 Å². The van der Waals surface area contributed by atoms with Gasteiger partial charge in [0.15, 0.2) is 5.82 Å². The van der Waals surface area contributed by atoms with Crippen molar-refractivity contribution in [3.63, 3.8) is 0 Å². The number of para-hydroxylation sites is 1. The Hall–Kier alpha value is -8.14. The molecule has 12 rings (SSSR count). The van der Waals surface area contributed by atoms with Gasteiger partial charge in [0.1, 0.15) is 11.2 Å². The summed E-state index contributed by atoms with van der Waals surface area (Å²) in [5, 5.41) is 2.21. The maximum atomic E-state index is 6.24. The van der Waals surface area contributed by atoms with E-state index in [0.29, 0.717) is 5.82 Å². The lowest BCUT2D eigenvalue weighted by Crippen LogP contribution is -2.14. The number of hydrogen-bond acceptors (Lipinski definition) is 3. The van der Waals surface area contributed by atoms with Crippen LogP contribution >= 0.6 is 0 Å². The summed E-state index contributed by atoms with van der Waals surface area (Å²) in [4.78, 5) is 10.8. The second-order valence-corrected chi connectivity index (χ2v) is 17.4. The molecule has 11 aromatic rings. The van der Waals surface area contributed by atoms with Gasteiger partial charge < -0.3 is 4.42 Å². The molecule has 0 spiro atoms. The molecular formula is C61H42N2O. The first-order chi connectivity index (χ1) is 31.4. The van der Waals surface area contributed by atoms with Crippen LogP contribution in [0.2, 0.25) is 0 Å². The van der Waals surface area contributed by atoms with Gasteiger partial charge in [0.05, 0.1) is 11.4 Å². The molecule has 64 heavy (non-hydrogen) atoms. The summed E-state index contributed by atoms with van der Waals surface area (Å²) in [7, 11) is 0. The topological polar surface area (TPSA) is 38.9 Å². The van der Waals surface area contributed by atoms with Crippen molar-refractivity contribution in [3.05, 3.63) is 230 Å². The quantitative estimate of drug-likeness (QED) is 0.161. The summed E-state index contributed by atoms with van der Waals surface area (Å²) < 4.78 is 6.24. The van der Waals surface area contributed by atoms with E-state index in [1.807, 2.05) is 18.2 Å². The zero-order valence-electron chi connectivity index (χ0n) is 35.6. The van der Waals surface area contributed by atoms with Crippen LogP contribution in [0.5, 0.6) is 0 Å². The lowest BCUT2D eigenvalue weighted by Gasteiger charge is -2.21. The van der Waals surface area contributed by atoms with Crippen molar-refractivity contribution >= 4 is 21.9 Å². The molecule has 0 N–H and O–H groups in total. The zero-order valence-corrected chi connectivity index (χ0v) is 35.6. The molecule has 0 unspecified atom stereocenters. The van der Waals surface area contributed by atoms with Crippen LogP contribution in [0.3, 0.4) is 0 Å². The summed E-state index contributed by atoms with van der Waals surface area (Å²) in [6.45, 7) is 4.69. The van der Waals surface area contributed by atoms with Crippen molar-refractivity contribution in [3.8, 4) is 89.5 Å². The number of fused-ring (bicyclic) bond motifs is 6. The first kappa shape index (κ1) is 37.6. The number of rotatable bonds is 7. The molecule has 0 atom stereocenters. The number of aromatic nitrogens is 2. The molecule has 3 heteroatoms. The molecule has 0 amide bonds. The van der Waals surface area contributed by atoms with Crippen LogP contribution in [0.4, 0.5) is 0 Å². The Morgan fingerprint density at radius 1 is 0.328 bits per heavy atom. The van der Waals surface area contributed by atoms with Crippen LogP contribution in [-0.4, -0.2) is 9.97 Å². The van der Waals surface area contributed by atoms with Crippen LogP contribution in [-0.2, 0) is 5.41 Å². The SMILES string of the molecule is CC1(C)c2ccccc2-c2c(-c3cc(-c4ccccc4)cc(-c4cc(-c5cc(-c6ccccc6)cc(-c6ccc7oc8ccccc8c7c6)c5)nc(-c5ccccc5)n4)c3)cccc21. The highest BCUT2D eigenvalue weighted by Crippen LogP contribution is 2.52. The van der Waals surface area contributed by atoms with Crippen molar-refractivity contribution in [1.29, 1.82) is 0 Å². The largest absolute Gasteiger partial charge is 0.456 e. The van der Waals surface area contributed by atoms with Gasteiger partial charge in [-0.2, -0.15) is 0 Å². The number of hydrogen-bond donors (Lipinski definition) is 0. The Bertz CT molecular complexity index is 3570. The van der Waals surface area contributed by atoms with Gasteiger partial charge >= 0.3 is 0 Å². The maximum Gasteiger partial charge on any atom is 0.160 e. The highest BCUT2D eigenvalue weighted by atomic mass is 16.3. The molecular weight excluding hydrogens is 777 g/mol. The average Bonchev–Trinajstić information content (AvgIpc) is 3.85. The van der Waals surface area contributed by atoms with Crippen molar-refractivity contribution in [2.45, 2.75) is 19.3 Å². The van der Waals surface area contributed by atoms with Crippen molar-refractivity contribution < 1.29 is 4.42 Å². The molecule has 1 aliphatic carbocycles. The van der Waals surface area contributed by atoms with Crippen LogP contribution in [0.1, 0.15) is 25.0 Å². The second-order valence-electron chi connectivity index (χ2n) is 17.4. The Labute approximate surface area is 373 Å². The molecule has 0 saturated heterocycles. The highest BCUT2D eigenvalue weighted by molar-refractivity contribution is 6.06. The fourth-order valence-corrected chi connectivity index (χ4v) is 9.83. The van der Waals surface area contributed by atoms with Gasteiger partial charge in [0.25, 0.3) is 0 Å². The Kier molecular flexibility index (Phi) is 8.84. The molecule has 2 aromatic heterocycles. The predicted octanol–water partition coefficient (Wildman–Crippen LogP) is 16.4. The number of nitrogens with zero attached hydrogens (tertiary/aromatic N) is 2. The first-order valence-corrected chi connectivity index (χ1v) is 22.0. The van der Waals surface area contributed by atoms with Crippen molar-refractivity contribution in [2.75, 3.05) is 0 Å². The summed E-state index contributed by atoms with van der Waals surface area (Å²) in [6, 6.07) is 78.1. The van der Waals surface area contributed by atoms with Crippen molar-refractivity contribution in [2.24, 2.45) is 0 Å². The monoisotopic (exact) mass is 818 g/mol. The lowest BCUT2D eigenvalue weighted by molar-refractivity contribution is 0.660. The third-order valence-electron chi connectivity index (χ3n) is 13.1. The minimum Gasteiger partial charge on any atom is -0.456 e. The van der Waals surface area contributed by atoms with Gasteiger partial charge in [-0.25, -0.2) is 9.97 Å². The molecule has 0 radical (unpaired) electrons. The smallest absolute Gasteiger partial charge is 0.160 e. The average molecular weight is 819 g/mol. The summed E-state index contributed by atoms with van der Waals surface area (Å²) in [5.41, 5.74) is 20.8. The van der Waals surface area contributed by atoms with E-state index in [1.54, 1.807) is 0 Å². The summed E-state index contributed by atoms with van der Waals surface area (Å²) in [6.07, 6.45) is 0. The lowest BCUT2D eigenvalue weighted by atomic mass is 9.82. The van der Waals surface area contributed by atoms with Crippen LogP contribution < -0.4 is 0 Å². The molecule has 0 fully saturated rings. The third kappa shape index (κ3) is 6.44. The van der Waals surface area contributed by atoms with Gasteiger partial charge in [0, 0.05) is 32.9 Å². The summed E-state index contributed by atoms with van der Waals surface area (Å²) >= 11 is 0. The van der Waals surface area contributed by atoms with E-state index in [2.05, 4.69) is 214 Å². The molecule has 0 aliphatic heterocycles. The van der Waals surface area contributed by atoms with Gasteiger partial charge in [0.2, 0.25) is 0 Å². The fraction of sp³-hybridized carbons (Fsp3) is 0.0492. The molecule has 302 valence electrons. The molecule has 0 saturated carbocycles. The molecule has 0 bridgehead atoms. The van der Waals surface area contributed by atoms with E-state index < -0.39 is 0 Å². The number of furan rings is 1. The minimum atomic E-state index is -0.112. The highest BCUT2D eigenvalue weighted by Gasteiger charge is 2.36. The van der Waals surface area contributed by atoms with E-state index >= 15 is 0 Å². The number of benzene rings is 9. The second kappa shape index (κ2) is 15.0. The van der Waals surface area contributed by atoms with E-state index in [-0.39, 0.29) is 5.41 Å². The van der Waals surface area contributed by atoms with E-state index in [1.165, 1.54) is 27.8 Å². The summed E-state index contributed by atoms with van der Waals surface area (Å²) in [5.74, 6) is 0.675. The molecule has 1 aliphatic rings. The van der Waals surface area contributed by atoms with Gasteiger partial charge in [-0.1, -0.05) is 172 Å². The molecule has 2 heterocycles. The standard InChI is InChI=1S/C61H42N2O/c1-61(2)53-26-14-12-24-51(53)59-49(25-16-27-54(59)61)46-32-44(40-19-8-4-9-20-40)34-48(36-46)56-38-55(62-60(63-56)41-21-10-5-11-22-41)47-33-43(39-17-6-3-7-18-39)31-45(35-47)42-29-30-58-52(37-42)50-23-13-15-28-57(50)64-58/h3-38H,1-2H3. The van der Waals surface area contributed by atoms with Crippen LogP contribution in [0.25, 0.3) is 111 Å². The van der Waals surface area contributed by atoms with Gasteiger partial charge in [-0.15, -0.1) is 0 Å². The fourth-order valence-electron chi connectivity index (χ4n) is 9.83. The minimum absolute atomic E-state index is 0.112. The Morgan fingerprint density at radius 3 is 1.52 bits per heavy atom. The van der Waals surface area contributed by atoms with E-state index in [4.69, 9.17) is 14.4 Å². The Morgan fingerprint density at radius 2 is 0.828 bits per heavy atom. The normalized spacial score (nSPS) is 12.7. The Balaban J connectivity index is 1.08. The van der Waals surface area contributed by atoms with E-state index in [9.17, 15) is 0 Å². The molecule has 9 aromatic carbocycles. The van der Waals surface area contributed by atoms with Gasteiger partial charge in [-0.05, 0) is 127 Å². The first-order valence-electron chi connectivity index (χ1n) is 22.0. The third-order valence-corrected chi connectivity index (χ3v) is 13.1. The van der Waals surface area contributed by atoms with Crippen LogP contribution in [0, 0.1) is 0 Å². The zero-order chi connectivity index (χ0) is 42.8. The maximum absolute atomic E-state index is 6.24. The van der Waals surface area contributed by atoms with Gasteiger partial charge in [-0.3, -0.25) is 0 Å². The van der Waals surface area contributed by atoms with E-state index in [0.717, 1.165) is 89.0 Å². The predicted molar refractivity (Wildman–Crippen MR) is 265 cm³/mol. The van der Waals surface area contributed by atoms with Crippen LogP contribution in [0.15, 0.2) is 223 Å². The molecule has 3 nitrogen and oxygen atoms in total.